The standard InChI is InChI=1S/C29H46FNP2/c1-26(2,3)32(27(4,5)6)19-24-17-22(21-14-13-15-23(30)16-21)18-25(31-24)20-33(28(7,8)9)29(10,11)12/h13-18H,19-20H2,1-12H3. The summed E-state index contributed by atoms with van der Waals surface area (Å²) in [7, 11) is -0.631. The van der Waals surface area contributed by atoms with E-state index in [1.165, 1.54) is 6.07 Å². The van der Waals surface area contributed by atoms with Gasteiger partial charge in [0, 0.05) is 23.7 Å². The molecule has 0 N–H and O–H groups in total. The molecule has 4 heteroatoms. The SMILES string of the molecule is CC(C)(C)P(Cc1cc(-c2cccc(F)c2)cc(CP(C(C)(C)C)C(C)(C)C)n1)C(C)(C)C. The molecule has 0 unspecified atom stereocenters. The Morgan fingerprint density at radius 3 is 1.33 bits per heavy atom. The van der Waals surface area contributed by atoms with E-state index in [1.807, 2.05) is 6.07 Å². The van der Waals surface area contributed by atoms with Crippen LogP contribution in [0.5, 0.6) is 0 Å². The maximum atomic E-state index is 14.1. The normalized spacial score (nSPS) is 13.8. The average Bonchev–Trinajstić information content (AvgIpc) is 2.60. The molecular formula is C29H46FNP2. The fourth-order valence-corrected chi connectivity index (χ4v) is 11.8. The molecule has 2 aromatic rings. The molecule has 0 radical (unpaired) electrons. The van der Waals surface area contributed by atoms with Gasteiger partial charge in [-0.15, -0.1) is 0 Å². The van der Waals surface area contributed by atoms with Crippen LogP contribution in [-0.2, 0) is 12.3 Å². The second-order valence-corrected chi connectivity index (χ2v) is 20.9. The van der Waals surface area contributed by atoms with Gasteiger partial charge >= 0.3 is 0 Å². The number of aromatic nitrogens is 1. The first-order chi connectivity index (χ1) is 14.8. The number of hydrogen-bond donors (Lipinski definition) is 0. The topological polar surface area (TPSA) is 12.9 Å². The molecule has 0 saturated carbocycles. The van der Waals surface area contributed by atoms with Crippen LogP contribution in [0.15, 0.2) is 36.4 Å². The Morgan fingerprint density at radius 1 is 0.606 bits per heavy atom. The number of halogens is 1. The number of benzene rings is 1. The quantitative estimate of drug-likeness (QED) is 0.381. The van der Waals surface area contributed by atoms with Gasteiger partial charge in [-0.25, -0.2) is 4.39 Å². The summed E-state index contributed by atoms with van der Waals surface area (Å²) in [6.07, 6.45) is 1.98. The maximum absolute atomic E-state index is 14.1. The molecule has 1 nitrogen and oxygen atoms in total. The fraction of sp³-hybridized carbons (Fsp3) is 0.621. The van der Waals surface area contributed by atoms with Gasteiger partial charge in [-0.2, -0.15) is 0 Å². The minimum Gasteiger partial charge on any atom is -0.257 e. The van der Waals surface area contributed by atoms with Gasteiger partial charge in [0.15, 0.2) is 0 Å². The lowest BCUT2D eigenvalue weighted by atomic mass is 10.1. The summed E-state index contributed by atoms with van der Waals surface area (Å²) in [5.41, 5.74) is 4.33. The number of hydrogen-bond acceptors (Lipinski definition) is 1. The predicted molar refractivity (Wildman–Crippen MR) is 150 cm³/mol. The molecule has 184 valence electrons. The van der Waals surface area contributed by atoms with Crippen molar-refractivity contribution in [1.29, 1.82) is 0 Å². The van der Waals surface area contributed by atoms with Crippen molar-refractivity contribution in [3.05, 3.63) is 53.6 Å². The summed E-state index contributed by atoms with van der Waals surface area (Å²) in [5.74, 6) is -0.189. The van der Waals surface area contributed by atoms with Crippen LogP contribution >= 0.6 is 15.8 Å². The largest absolute Gasteiger partial charge is 0.257 e. The van der Waals surface area contributed by atoms with Gasteiger partial charge in [0.05, 0.1) is 0 Å². The molecule has 0 spiro atoms. The van der Waals surface area contributed by atoms with Gasteiger partial charge in [0.2, 0.25) is 0 Å². The van der Waals surface area contributed by atoms with Crippen molar-refractivity contribution in [2.45, 2.75) is 116 Å². The number of nitrogens with zero attached hydrogens (tertiary/aromatic N) is 1. The van der Waals surface area contributed by atoms with Crippen molar-refractivity contribution in [2.24, 2.45) is 0 Å². The van der Waals surface area contributed by atoms with E-state index in [0.717, 1.165) is 34.8 Å². The zero-order valence-electron chi connectivity index (χ0n) is 23.1. The van der Waals surface area contributed by atoms with E-state index < -0.39 is 0 Å². The summed E-state index contributed by atoms with van der Waals surface area (Å²) in [5, 5.41) is 0.920. The van der Waals surface area contributed by atoms with Crippen LogP contribution in [-0.4, -0.2) is 25.6 Å². The second kappa shape index (κ2) is 10.0. The molecule has 0 fully saturated rings. The van der Waals surface area contributed by atoms with E-state index in [-0.39, 0.29) is 42.3 Å². The molecule has 1 aromatic carbocycles. The van der Waals surface area contributed by atoms with Gasteiger partial charge in [-0.05, 0) is 56.0 Å². The van der Waals surface area contributed by atoms with E-state index in [4.69, 9.17) is 4.98 Å². The van der Waals surface area contributed by atoms with Crippen LogP contribution in [0, 0.1) is 5.82 Å². The van der Waals surface area contributed by atoms with Crippen LogP contribution in [0.1, 0.15) is 94.5 Å². The minimum atomic E-state index is -0.316. The molecular weight excluding hydrogens is 443 g/mol. The van der Waals surface area contributed by atoms with Gasteiger partial charge in [0.25, 0.3) is 0 Å². The molecule has 0 atom stereocenters. The molecule has 0 aliphatic carbocycles. The Kier molecular flexibility index (Phi) is 8.63. The predicted octanol–water partition coefficient (Wildman–Crippen LogP) is 10.0. The average molecular weight is 490 g/mol. The van der Waals surface area contributed by atoms with E-state index >= 15 is 0 Å². The Balaban J connectivity index is 2.62. The monoisotopic (exact) mass is 489 g/mol. The van der Waals surface area contributed by atoms with Gasteiger partial charge in [0.1, 0.15) is 5.82 Å². The lowest BCUT2D eigenvalue weighted by Gasteiger charge is -2.42. The highest BCUT2D eigenvalue weighted by Crippen LogP contribution is 2.62. The van der Waals surface area contributed by atoms with Crippen LogP contribution in [0.2, 0.25) is 0 Å². The van der Waals surface area contributed by atoms with Gasteiger partial charge < -0.3 is 0 Å². The third-order valence-electron chi connectivity index (χ3n) is 5.97. The summed E-state index contributed by atoms with van der Waals surface area (Å²) in [6, 6.07) is 11.4. The summed E-state index contributed by atoms with van der Waals surface area (Å²) in [6.45, 7) is 28.3. The maximum Gasteiger partial charge on any atom is 0.123 e. The Morgan fingerprint density at radius 2 is 1.00 bits per heavy atom. The highest BCUT2D eigenvalue weighted by molar-refractivity contribution is 7.60. The molecule has 2 rings (SSSR count). The van der Waals surface area contributed by atoms with Crippen molar-refractivity contribution >= 4 is 15.8 Å². The van der Waals surface area contributed by atoms with E-state index in [0.29, 0.717) is 0 Å². The van der Waals surface area contributed by atoms with E-state index in [1.54, 1.807) is 12.1 Å². The molecule has 33 heavy (non-hydrogen) atoms. The minimum absolute atomic E-state index is 0.189. The van der Waals surface area contributed by atoms with Crippen LogP contribution in [0.25, 0.3) is 11.1 Å². The molecule has 0 aliphatic heterocycles. The first kappa shape index (κ1) is 28.4. The Hall–Kier alpha value is -0.840. The van der Waals surface area contributed by atoms with Crippen molar-refractivity contribution in [1.82, 2.24) is 4.98 Å². The zero-order chi connectivity index (χ0) is 25.4. The first-order valence-corrected chi connectivity index (χ1v) is 15.2. The van der Waals surface area contributed by atoms with Crippen molar-refractivity contribution < 1.29 is 4.39 Å². The molecule has 0 amide bonds. The molecule has 1 aromatic heterocycles. The van der Waals surface area contributed by atoms with Gasteiger partial charge in [-0.1, -0.05) is 111 Å². The smallest absolute Gasteiger partial charge is 0.123 e. The molecule has 1 heterocycles. The lowest BCUT2D eigenvalue weighted by Crippen LogP contribution is -2.27. The van der Waals surface area contributed by atoms with E-state index in [9.17, 15) is 4.39 Å². The summed E-state index contributed by atoms with van der Waals surface area (Å²) < 4.78 is 14.1. The highest BCUT2D eigenvalue weighted by Gasteiger charge is 2.36. The fourth-order valence-electron chi connectivity index (χ4n) is 4.93. The number of rotatable bonds is 5. The van der Waals surface area contributed by atoms with Crippen molar-refractivity contribution in [3.63, 3.8) is 0 Å². The van der Waals surface area contributed by atoms with Gasteiger partial charge in [-0.3, -0.25) is 4.98 Å². The van der Waals surface area contributed by atoms with Crippen LogP contribution in [0.4, 0.5) is 4.39 Å². The van der Waals surface area contributed by atoms with Crippen molar-refractivity contribution in [3.8, 4) is 11.1 Å². The summed E-state index contributed by atoms with van der Waals surface area (Å²) >= 11 is 0. The zero-order valence-corrected chi connectivity index (χ0v) is 24.9. The number of pyridine rings is 1. The molecule has 0 bridgehead atoms. The highest BCUT2D eigenvalue weighted by atomic mass is 31.1. The third-order valence-corrected chi connectivity index (χ3v) is 13.7. The second-order valence-electron chi connectivity index (χ2n) is 13.2. The Labute approximate surface area is 205 Å². The van der Waals surface area contributed by atoms with Crippen molar-refractivity contribution in [2.75, 3.05) is 0 Å². The molecule has 0 aliphatic rings. The lowest BCUT2D eigenvalue weighted by molar-refractivity contribution is 0.628. The van der Waals surface area contributed by atoms with Crippen LogP contribution in [0.3, 0.4) is 0 Å². The first-order valence-electron chi connectivity index (χ1n) is 12.1. The Bertz CT molecular complexity index is 860. The summed E-state index contributed by atoms with van der Waals surface area (Å²) in [4.78, 5) is 5.25. The molecule has 0 saturated heterocycles. The van der Waals surface area contributed by atoms with E-state index in [2.05, 4.69) is 95.2 Å². The van der Waals surface area contributed by atoms with Crippen LogP contribution < -0.4 is 0 Å². The third kappa shape index (κ3) is 8.11.